The molecule has 0 radical (unpaired) electrons. The van der Waals surface area contributed by atoms with Crippen LogP contribution in [0.25, 0.3) is 16.8 Å². The molecule has 0 aliphatic rings. The van der Waals surface area contributed by atoms with Crippen LogP contribution >= 0.6 is 23.2 Å². The first-order valence-electron chi connectivity index (χ1n) is 9.11. The standard InChI is InChI=1S/C22H20Cl2N4/c1-13(2)19-12-20(25-18-10-16(23)9-17(24)11-18)28-22(26-19)21(14(3)27-28)15-7-5-4-6-8-15/h4-13,25H,1-3H3. The molecule has 0 spiro atoms. The summed E-state index contributed by atoms with van der Waals surface area (Å²) in [5.41, 5.74) is 5.67. The molecule has 0 saturated carbocycles. The molecule has 4 rings (SSSR count). The molecule has 4 aromatic rings. The van der Waals surface area contributed by atoms with E-state index in [1.807, 2.05) is 47.8 Å². The minimum absolute atomic E-state index is 0.271. The van der Waals surface area contributed by atoms with Crippen LogP contribution in [0.2, 0.25) is 10.0 Å². The first-order chi connectivity index (χ1) is 13.4. The fraction of sp³-hybridized carbons (Fsp3) is 0.182. The van der Waals surface area contributed by atoms with E-state index < -0.39 is 0 Å². The van der Waals surface area contributed by atoms with E-state index in [4.69, 9.17) is 33.3 Å². The largest absolute Gasteiger partial charge is 0.340 e. The van der Waals surface area contributed by atoms with Crippen LogP contribution in [0.5, 0.6) is 0 Å². The third kappa shape index (κ3) is 3.58. The Hall–Kier alpha value is -2.56. The first-order valence-corrected chi connectivity index (χ1v) is 9.87. The molecule has 0 amide bonds. The second-order valence-corrected chi connectivity index (χ2v) is 7.94. The number of aryl methyl sites for hydroxylation is 1. The van der Waals surface area contributed by atoms with Crippen LogP contribution in [0.3, 0.4) is 0 Å². The summed E-state index contributed by atoms with van der Waals surface area (Å²) in [6.07, 6.45) is 0. The van der Waals surface area contributed by atoms with Gasteiger partial charge in [-0.25, -0.2) is 4.98 Å². The minimum atomic E-state index is 0.271. The van der Waals surface area contributed by atoms with Crippen LogP contribution in [0.15, 0.2) is 54.6 Å². The van der Waals surface area contributed by atoms with Gasteiger partial charge in [0.15, 0.2) is 5.65 Å². The molecule has 0 atom stereocenters. The van der Waals surface area contributed by atoms with E-state index in [0.29, 0.717) is 10.0 Å². The number of halogens is 2. The number of nitrogens with zero attached hydrogens (tertiary/aromatic N) is 3. The molecule has 1 N–H and O–H groups in total. The van der Waals surface area contributed by atoms with Gasteiger partial charge < -0.3 is 5.32 Å². The summed E-state index contributed by atoms with van der Waals surface area (Å²) < 4.78 is 1.85. The second-order valence-electron chi connectivity index (χ2n) is 7.07. The monoisotopic (exact) mass is 410 g/mol. The molecule has 0 bridgehead atoms. The highest BCUT2D eigenvalue weighted by Gasteiger charge is 2.18. The summed E-state index contributed by atoms with van der Waals surface area (Å²) in [7, 11) is 0. The maximum Gasteiger partial charge on any atom is 0.165 e. The molecule has 2 aromatic carbocycles. The molecular formula is C22H20Cl2N4. The Labute approximate surface area is 174 Å². The van der Waals surface area contributed by atoms with Crippen molar-refractivity contribution in [3.05, 3.63) is 76.0 Å². The Bertz CT molecular complexity index is 1130. The Morgan fingerprint density at radius 3 is 2.29 bits per heavy atom. The van der Waals surface area contributed by atoms with Crippen molar-refractivity contribution in [1.82, 2.24) is 14.6 Å². The number of hydrogen-bond acceptors (Lipinski definition) is 3. The fourth-order valence-electron chi connectivity index (χ4n) is 3.24. The quantitative estimate of drug-likeness (QED) is 0.398. The summed E-state index contributed by atoms with van der Waals surface area (Å²) in [4.78, 5) is 4.92. The molecule has 2 heterocycles. The van der Waals surface area contributed by atoms with E-state index in [1.165, 1.54) is 0 Å². The fourth-order valence-corrected chi connectivity index (χ4v) is 3.77. The Morgan fingerprint density at radius 1 is 0.964 bits per heavy atom. The number of nitrogens with one attached hydrogen (secondary N) is 1. The molecule has 0 unspecified atom stereocenters. The average Bonchev–Trinajstić information content (AvgIpc) is 2.97. The van der Waals surface area contributed by atoms with Crippen LogP contribution in [0.4, 0.5) is 11.5 Å². The van der Waals surface area contributed by atoms with Gasteiger partial charge in [-0.05, 0) is 36.6 Å². The average molecular weight is 411 g/mol. The van der Waals surface area contributed by atoms with Gasteiger partial charge in [0.2, 0.25) is 0 Å². The number of fused-ring (bicyclic) bond motifs is 1. The van der Waals surface area contributed by atoms with Gasteiger partial charge in [-0.1, -0.05) is 67.4 Å². The Kier molecular flexibility index (Phi) is 5.00. The van der Waals surface area contributed by atoms with Crippen LogP contribution in [0, 0.1) is 6.92 Å². The molecule has 28 heavy (non-hydrogen) atoms. The van der Waals surface area contributed by atoms with Crippen LogP contribution < -0.4 is 5.32 Å². The van der Waals surface area contributed by atoms with Crippen LogP contribution in [-0.4, -0.2) is 14.6 Å². The highest BCUT2D eigenvalue weighted by Crippen LogP contribution is 2.32. The maximum atomic E-state index is 6.17. The van der Waals surface area contributed by atoms with Crippen molar-refractivity contribution < 1.29 is 0 Å². The predicted molar refractivity (Wildman–Crippen MR) is 117 cm³/mol. The van der Waals surface area contributed by atoms with Crippen molar-refractivity contribution in [2.75, 3.05) is 5.32 Å². The highest BCUT2D eigenvalue weighted by atomic mass is 35.5. The highest BCUT2D eigenvalue weighted by molar-refractivity contribution is 6.35. The second kappa shape index (κ2) is 7.46. The van der Waals surface area contributed by atoms with Gasteiger partial charge in [0.05, 0.1) is 5.69 Å². The van der Waals surface area contributed by atoms with Crippen molar-refractivity contribution in [3.63, 3.8) is 0 Å². The van der Waals surface area contributed by atoms with Crippen molar-refractivity contribution in [3.8, 4) is 11.1 Å². The van der Waals surface area contributed by atoms with Crippen molar-refractivity contribution >= 4 is 40.4 Å². The van der Waals surface area contributed by atoms with E-state index >= 15 is 0 Å². The van der Waals surface area contributed by atoms with E-state index in [1.54, 1.807) is 6.07 Å². The first kappa shape index (κ1) is 18.8. The normalized spacial score (nSPS) is 11.4. The lowest BCUT2D eigenvalue weighted by molar-refractivity contribution is 0.810. The van der Waals surface area contributed by atoms with Crippen molar-refractivity contribution in [1.29, 1.82) is 0 Å². The van der Waals surface area contributed by atoms with Gasteiger partial charge in [0.1, 0.15) is 5.82 Å². The summed E-state index contributed by atoms with van der Waals surface area (Å²) in [6, 6.07) is 17.6. The SMILES string of the molecule is Cc1nn2c(Nc3cc(Cl)cc(Cl)c3)cc(C(C)C)nc2c1-c1ccccc1. The number of hydrogen-bond donors (Lipinski definition) is 1. The van der Waals surface area contributed by atoms with E-state index in [0.717, 1.165) is 39.7 Å². The molecule has 0 aliphatic carbocycles. The molecule has 142 valence electrons. The number of benzene rings is 2. The lowest BCUT2D eigenvalue weighted by Crippen LogP contribution is -2.05. The number of anilines is 2. The molecule has 6 heteroatoms. The predicted octanol–water partition coefficient (Wildman–Crippen LogP) is 6.88. The minimum Gasteiger partial charge on any atom is -0.340 e. The van der Waals surface area contributed by atoms with Gasteiger partial charge in [0, 0.05) is 33.1 Å². The smallest absolute Gasteiger partial charge is 0.165 e. The van der Waals surface area contributed by atoms with Gasteiger partial charge in [-0.2, -0.15) is 9.61 Å². The molecule has 0 aliphatic heterocycles. The summed E-state index contributed by atoms with van der Waals surface area (Å²) in [6.45, 7) is 6.26. The lowest BCUT2D eigenvalue weighted by Gasteiger charge is -2.13. The van der Waals surface area contributed by atoms with Crippen molar-refractivity contribution in [2.45, 2.75) is 26.7 Å². The Morgan fingerprint density at radius 2 is 1.64 bits per heavy atom. The number of aromatic nitrogens is 3. The third-order valence-electron chi connectivity index (χ3n) is 4.57. The Balaban J connectivity index is 1.93. The van der Waals surface area contributed by atoms with Gasteiger partial charge in [-0.15, -0.1) is 0 Å². The lowest BCUT2D eigenvalue weighted by atomic mass is 10.1. The van der Waals surface area contributed by atoms with Gasteiger partial charge in [-0.3, -0.25) is 0 Å². The van der Waals surface area contributed by atoms with E-state index in [9.17, 15) is 0 Å². The van der Waals surface area contributed by atoms with E-state index in [-0.39, 0.29) is 5.92 Å². The zero-order valence-corrected chi connectivity index (χ0v) is 17.4. The molecule has 2 aromatic heterocycles. The van der Waals surface area contributed by atoms with Crippen LogP contribution in [0.1, 0.15) is 31.2 Å². The number of rotatable bonds is 4. The van der Waals surface area contributed by atoms with E-state index in [2.05, 4.69) is 31.3 Å². The zero-order chi connectivity index (χ0) is 19.8. The molecule has 0 fully saturated rings. The summed E-state index contributed by atoms with van der Waals surface area (Å²) in [5, 5.41) is 9.31. The van der Waals surface area contributed by atoms with Gasteiger partial charge in [0.25, 0.3) is 0 Å². The molecule has 0 saturated heterocycles. The van der Waals surface area contributed by atoms with Crippen molar-refractivity contribution in [2.24, 2.45) is 0 Å². The third-order valence-corrected chi connectivity index (χ3v) is 5.01. The molecule has 4 nitrogen and oxygen atoms in total. The topological polar surface area (TPSA) is 42.2 Å². The zero-order valence-electron chi connectivity index (χ0n) is 15.9. The summed E-state index contributed by atoms with van der Waals surface area (Å²) >= 11 is 12.3. The summed E-state index contributed by atoms with van der Waals surface area (Å²) in [5.74, 6) is 1.09. The van der Waals surface area contributed by atoms with Crippen LogP contribution in [-0.2, 0) is 0 Å². The molecular weight excluding hydrogens is 391 g/mol. The maximum absolute atomic E-state index is 6.17. The van der Waals surface area contributed by atoms with Gasteiger partial charge >= 0.3 is 0 Å².